The van der Waals surface area contributed by atoms with Crippen LogP contribution in [0, 0.1) is 11.3 Å². The summed E-state index contributed by atoms with van der Waals surface area (Å²) in [7, 11) is 0. The third-order valence-corrected chi connectivity index (χ3v) is 4.54. The summed E-state index contributed by atoms with van der Waals surface area (Å²) in [6.07, 6.45) is 6.15. The van der Waals surface area contributed by atoms with E-state index in [2.05, 4.69) is 42.5 Å². The number of carbonyl (C=O) groups excluding carboxylic acids is 1. The van der Waals surface area contributed by atoms with Crippen molar-refractivity contribution in [2.24, 2.45) is 11.3 Å². The zero-order chi connectivity index (χ0) is 12.2. The van der Waals surface area contributed by atoms with E-state index in [1.165, 1.54) is 16.4 Å². The Bertz CT molecular complexity index is 282. The Hall–Kier alpha value is -0.0600. The van der Waals surface area contributed by atoms with Crippen molar-refractivity contribution in [1.29, 1.82) is 0 Å². The van der Waals surface area contributed by atoms with Gasteiger partial charge in [-0.2, -0.15) is 0 Å². The van der Waals surface area contributed by atoms with Crippen LogP contribution in [-0.4, -0.2) is 12.6 Å². The molecule has 0 aromatic heterocycles. The van der Waals surface area contributed by atoms with E-state index in [1.54, 1.807) is 0 Å². The van der Waals surface area contributed by atoms with Gasteiger partial charge in [-0.25, -0.2) is 0 Å². The predicted molar refractivity (Wildman–Crippen MR) is 74.5 cm³/mol. The molecule has 2 nitrogen and oxygen atoms in total. The molecule has 0 saturated heterocycles. The summed E-state index contributed by atoms with van der Waals surface area (Å²) in [5.41, 5.74) is 0.317. The van der Waals surface area contributed by atoms with Crippen molar-refractivity contribution in [3.63, 3.8) is 0 Å². The van der Waals surface area contributed by atoms with Gasteiger partial charge in [0.25, 0.3) is 0 Å². The van der Waals surface area contributed by atoms with Gasteiger partial charge in [-0.1, -0.05) is 19.9 Å². The molecule has 0 aliphatic heterocycles. The third-order valence-electron chi connectivity index (χ3n) is 3.35. The number of hydrogen-bond acceptors (Lipinski definition) is 2. The lowest BCUT2D eigenvalue weighted by atomic mass is 9.70. The maximum absolute atomic E-state index is 11.4. The van der Waals surface area contributed by atoms with Crippen molar-refractivity contribution in [2.75, 3.05) is 6.61 Å². The van der Waals surface area contributed by atoms with Gasteiger partial charge < -0.3 is 4.74 Å². The first-order valence-electron chi connectivity index (χ1n) is 5.98. The van der Waals surface area contributed by atoms with Gasteiger partial charge in [0.05, 0.1) is 6.61 Å². The highest BCUT2D eigenvalue weighted by atomic mass is 127. The molecule has 1 atom stereocenters. The molecular weight excluding hydrogens is 315 g/mol. The highest BCUT2D eigenvalue weighted by Gasteiger charge is 2.33. The van der Waals surface area contributed by atoms with Crippen LogP contribution in [0.25, 0.3) is 0 Å². The molecule has 1 aliphatic carbocycles. The zero-order valence-corrected chi connectivity index (χ0v) is 12.5. The van der Waals surface area contributed by atoms with Crippen molar-refractivity contribution in [3.05, 3.63) is 9.66 Å². The van der Waals surface area contributed by atoms with E-state index in [0.29, 0.717) is 24.4 Å². The lowest BCUT2D eigenvalue weighted by molar-refractivity contribution is -0.143. The number of hydrogen-bond donors (Lipinski definition) is 0. The summed E-state index contributed by atoms with van der Waals surface area (Å²) < 4.78 is 6.39. The summed E-state index contributed by atoms with van der Waals surface area (Å²) in [5.74, 6) is 0.458. The molecule has 0 aromatic carbocycles. The lowest BCUT2D eigenvalue weighted by Crippen LogP contribution is -2.27. The quantitative estimate of drug-likeness (QED) is 0.571. The van der Waals surface area contributed by atoms with Crippen LogP contribution in [0.3, 0.4) is 0 Å². The molecule has 0 aromatic rings. The highest BCUT2D eigenvalue weighted by molar-refractivity contribution is 14.1. The second-order valence-electron chi connectivity index (χ2n) is 5.01. The predicted octanol–water partition coefficient (Wildman–Crippen LogP) is 4.08. The van der Waals surface area contributed by atoms with Gasteiger partial charge in [-0.15, -0.1) is 0 Å². The molecule has 0 spiro atoms. The monoisotopic (exact) mass is 336 g/mol. The van der Waals surface area contributed by atoms with E-state index >= 15 is 0 Å². The van der Waals surface area contributed by atoms with Gasteiger partial charge in [0, 0.05) is 6.42 Å². The molecule has 0 saturated carbocycles. The Morgan fingerprint density at radius 3 is 2.88 bits per heavy atom. The van der Waals surface area contributed by atoms with E-state index in [-0.39, 0.29) is 5.97 Å². The third kappa shape index (κ3) is 3.75. The minimum absolute atomic E-state index is 0.0620. The van der Waals surface area contributed by atoms with Crippen LogP contribution >= 0.6 is 22.6 Å². The molecule has 0 bridgehead atoms. The number of allylic oxidation sites excluding steroid dienone is 2. The number of rotatable bonds is 4. The van der Waals surface area contributed by atoms with E-state index in [4.69, 9.17) is 4.74 Å². The maximum Gasteiger partial charge on any atom is 0.305 e. The normalized spacial score (nSPS) is 23.8. The second kappa shape index (κ2) is 6.03. The van der Waals surface area contributed by atoms with Crippen LogP contribution in [0.5, 0.6) is 0 Å². The summed E-state index contributed by atoms with van der Waals surface area (Å²) in [5, 5.41) is 0. The summed E-state index contributed by atoms with van der Waals surface area (Å²) in [6.45, 7) is 6.94. The number of esters is 1. The van der Waals surface area contributed by atoms with E-state index in [1.807, 2.05) is 6.92 Å². The largest absolute Gasteiger partial charge is 0.466 e. The van der Waals surface area contributed by atoms with Crippen molar-refractivity contribution in [1.82, 2.24) is 0 Å². The van der Waals surface area contributed by atoms with Gasteiger partial charge in [-0.05, 0) is 63.7 Å². The van der Waals surface area contributed by atoms with Gasteiger partial charge >= 0.3 is 5.97 Å². The molecule has 0 fully saturated rings. The smallest absolute Gasteiger partial charge is 0.305 e. The van der Waals surface area contributed by atoms with Crippen LogP contribution in [0.15, 0.2) is 9.66 Å². The van der Waals surface area contributed by atoms with Gasteiger partial charge in [0.2, 0.25) is 0 Å². The van der Waals surface area contributed by atoms with Gasteiger partial charge in [0.15, 0.2) is 0 Å². The standard InChI is InChI=1S/C13H21IO2/c1-4-16-12(15)8-7-10-11(14)6-5-9-13(10,2)3/h6,10H,4-5,7-9H2,1-3H3/t10-/m0/s1. The highest BCUT2D eigenvalue weighted by Crippen LogP contribution is 2.45. The average molecular weight is 336 g/mol. The van der Waals surface area contributed by atoms with Gasteiger partial charge in [0.1, 0.15) is 0 Å². The Balaban J connectivity index is 2.53. The number of halogens is 1. The molecule has 0 N–H and O–H groups in total. The van der Waals surface area contributed by atoms with Gasteiger partial charge in [-0.3, -0.25) is 4.79 Å². The molecule has 0 heterocycles. The van der Waals surface area contributed by atoms with Crippen molar-refractivity contribution < 1.29 is 9.53 Å². The Kier molecular flexibility index (Phi) is 5.28. The van der Waals surface area contributed by atoms with Crippen LogP contribution in [0.1, 0.15) is 46.5 Å². The maximum atomic E-state index is 11.4. The summed E-state index contributed by atoms with van der Waals surface area (Å²) in [4.78, 5) is 11.4. The molecule has 16 heavy (non-hydrogen) atoms. The van der Waals surface area contributed by atoms with E-state index in [0.717, 1.165) is 6.42 Å². The minimum atomic E-state index is -0.0620. The summed E-state index contributed by atoms with van der Waals surface area (Å²) >= 11 is 2.42. The molecular formula is C13H21IO2. The minimum Gasteiger partial charge on any atom is -0.466 e. The average Bonchev–Trinajstić information content (AvgIpc) is 2.16. The first-order valence-corrected chi connectivity index (χ1v) is 7.06. The van der Waals surface area contributed by atoms with Crippen molar-refractivity contribution in [3.8, 4) is 0 Å². The number of ether oxygens (including phenoxy) is 1. The first kappa shape index (κ1) is 14.0. The summed E-state index contributed by atoms with van der Waals surface area (Å²) in [6, 6.07) is 0. The van der Waals surface area contributed by atoms with Crippen LogP contribution in [0.4, 0.5) is 0 Å². The van der Waals surface area contributed by atoms with Crippen LogP contribution < -0.4 is 0 Å². The molecule has 1 rings (SSSR count). The Morgan fingerprint density at radius 2 is 2.31 bits per heavy atom. The fraction of sp³-hybridized carbons (Fsp3) is 0.769. The van der Waals surface area contributed by atoms with E-state index < -0.39 is 0 Å². The zero-order valence-electron chi connectivity index (χ0n) is 10.4. The molecule has 0 amide bonds. The van der Waals surface area contributed by atoms with E-state index in [9.17, 15) is 4.79 Å². The molecule has 1 aliphatic rings. The Morgan fingerprint density at radius 1 is 1.62 bits per heavy atom. The second-order valence-corrected chi connectivity index (χ2v) is 6.26. The SMILES string of the molecule is CCOC(=O)CC[C@H]1C(I)=CCCC1(C)C. The van der Waals surface area contributed by atoms with Crippen LogP contribution in [-0.2, 0) is 9.53 Å². The Labute approximate surface area is 112 Å². The number of carbonyl (C=O) groups is 1. The lowest BCUT2D eigenvalue weighted by Gasteiger charge is -2.37. The van der Waals surface area contributed by atoms with Crippen LogP contribution in [0.2, 0.25) is 0 Å². The molecule has 0 radical (unpaired) electrons. The molecule has 0 unspecified atom stereocenters. The van der Waals surface area contributed by atoms with Crippen molar-refractivity contribution in [2.45, 2.75) is 46.5 Å². The first-order chi connectivity index (χ1) is 7.47. The topological polar surface area (TPSA) is 26.3 Å². The molecule has 3 heteroatoms. The fourth-order valence-electron chi connectivity index (χ4n) is 2.30. The van der Waals surface area contributed by atoms with Crippen molar-refractivity contribution >= 4 is 28.6 Å². The molecule has 92 valence electrons. The fourth-order valence-corrected chi connectivity index (χ4v) is 3.76.